The second-order valence-corrected chi connectivity index (χ2v) is 27.5. The van der Waals surface area contributed by atoms with E-state index in [0.29, 0.717) is 51.1 Å². The number of phenolic OH excluding ortho intramolecular Hbond substituents is 2. The Bertz CT molecular complexity index is 1690. The van der Waals surface area contributed by atoms with Crippen molar-refractivity contribution in [3.05, 3.63) is 143 Å². The minimum Gasteiger partial charge on any atom is -0.199 e. The second-order valence-electron chi connectivity index (χ2n) is 16.1. The molecule has 6 rings (SSSR count). The van der Waals surface area contributed by atoms with Crippen LogP contribution in [0, 0.1) is 13.8 Å². The molecule has 5 heteroatoms. The van der Waals surface area contributed by atoms with Gasteiger partial charge in [-0.3, -0.25) is 0 Å². The molecule has 2 unspecified atom stereocenters. The van der Waals surface area contributed by atoms with Crippen LogP contribution in [0.3, 0.4) is 0 Å². The van der Waals surface area contributed by atoms with E-state index in [4.69, 9.17) is 0 Å². The van der Waals surface area contributed by atoms with E-state index in [1.807, 2.05) is 60.7 Å². The number of aromatic hydroxyl groups is 2. The minimum absolute atomic E-state index is 0.188. The van der Waals surface area contributed by atoms with Crippen LogP contribution in [0.1, 0.15) is 162 Å². The van der Waals surface area contributed by atoms with E-state index in [1.54, 1.807) is 0 Å². The maximum atomic E-state index is 11.4. The summed E-state index contributed by atoms with van der Waals surface area (Å²) in [5.41, 5.74) is 9.58. The van der Waals surface area contributed by atoms with Crippen molar-refractivity contribution in [1.82, 2.24) is 0 Å². The van der Waals surface area contributed by atoms with E-state index in [-0.39, 0.29) is 15.5 Å². The van der Waals surface area contributed by atoms with E-state index in [1.165, 1.54) is 60.8 Å². The van der Waals surface area contributed by atoms with Crippen molar-refractivity contribution in [2.24, 2.45) is 0 Å². The van der Waals surface area contributed by atoms with Gasteiger partial charge in [-0.05, 0) is 0 Å². The van der Waals surface area contributed by atoms with Crippen LogP contribution in [0.25, 0.3) is 0 Å². The van der Waals surface area contributed by atoms with E-state index in [2.05, 4.69) is 93.5 Å². The molecule has 4 atom stereocenters. The third-order valence-electron chi connectivity index (χ3n) is 10.5. The first kappa shape index (κ1) is 43.4. The van der Waals surface area contributed by atoms with Crippen LogP contribution >= 0.6 is 15.9 Å². The molecular formula is C48H66O2S2Ti-2. The molecule has 1 heterocycles. The summed E-state index contributed by atoms with van der Waals surface area (Å²) >= 11 is -0.188. The predicted molar refractivity (Wildman–Crippen MR) is 232 cm³/mol. The summed E-state index contributed by atoms with van der Waals surface area (Å²) < 4.78 is 0. The molecule has 0 saturated heterocycles. The first-order valence-electron chi connectivity index (χ1n) is 19.9. The topological polar surface area (TPSA) is 40.5 Å². The van der Waals surface area contributed by atoms with Gasteiger partial charge in [0.15, 0.2) is 0 Å². The molecule has 0 radical (unpaired) electrons. The Kier molecular flexibility index (Phi) is 17.2. The maximum Gasteiger partial charge on any atom is -0.0866 e. The third-order valence-corrected chi connectivity index (χ3v) is 26.4. The van der Waals surface area contributed by atoms with Gasteiger partial charge in [-0.15, -0.1) is 24.3 Å². The number of rotatable bonds is 8. The molecule has 1 aliphatic heterocycles. The van der Waals surface area contributed by atoms with Crippen LogP contribution < -0.4 is 0 Å². The fourth-order valence-electron chi connectivity index (χ4n) is 7.15. The van der Waals surface area contributed by atoms with Gasteiger partial charge in [0.1, 0.15) is 0 Å². The Morgan fingerprint density at radius 3 is 1.19 bits per heavy atom. The van der Waals surface area contributed by atoms with Crippen LogP contribution in [0.5, 0.6) is 11.5 Å². The van der Waals surface area contributed by atoms with Crippen LogP contribution in [0.15, 0.2) is 84.9 Å². The largest absolute Gasteiger partial charge is 0.199 e. The van der Waals surface area contributed by atoms with Gasteiger partial charge in [-0.25, -0.2) is 0 Å². The zero-order chi connectivity index (χ0) is 38.7. The molecule has 0 aromatic heterocycles. The average Bonchev–Trinajstić information content (AvgIpc) is 3.40. The van der Waals surface area contributed by atoms with E-state index in [9.17, 15) is 10.2 Å². The van der Waals surface area contributed by atoms with Gasteiger partial charge in [0.25, 0.3) is 0 Å². The Labute approximate surface area is 333 Å². The van der Waals surface area contributed by atoms with Gasteiger partial charge < -0.3 is 0 Å². The van der Waals surface area contributed by atoms with Crippen molar-refractivity contribution in [2.45, 2.75) is 140 Å². The summed E-state index contributed by atoms with van der Waals surface area (Å²) in [5, 5.41) is 24.5. The molecule has 4 aromatic carbocycles. The quantitative estimate of drug-likeness (QED) is 0.138. The van der Waals surface area contributed by atoms with Gasteiger partial charge in [-0.2, -0.15) is 49.2 Å². The Balaban J connectivity index is 0.000000370. The minimum atomic E-state index is -0.188. The monoisotopic (exact) mass is 786 g/mol. The third kappa shape index (κ3) is 12.6. The number of benzene rings is 4. The summed E-state index contributed by atoms with van der Waals surface area (Å²) in [5.74, 6) is 4.91. The van der Waals surface area contributed by atoms with Crippen molar-refractivity contribution >= 4 is 15.9 Å². The molecule has 0 amide bonds. The van der Waals surface area contributed by atoms with Crippen LogP contribution in [0.2, 0.25) is 0 Å². The Morgan fingerprint density at radius 1 is 0.547 bits per heavy atom. The molecule has 288 valence electrons. The normalized spacial score (nSPS) is 19.6. The molecule has 0 bridgehead atoms. The summed E-state index contributed by atoms with van der Waals surface area (Å²) in [4.78, 5) is 0. The molecule has 0 spiro atoms. The van der Waals surface area contributed by atoms with Crippen molar-refractivity contribution in [3.8, 4) is 11.5 Å². The molecule has 53 heavy (non-hydrogen) atoms. The van der Waals surface area contributed by atoms with E-state index < -0.39 is 0 Å². The number of hydrogen-bond donors (Lipinski definition) is 2. The zero-order valence-electron chi connectivity index (χ0n) is 33.8. The molecule has 1 fully saturated rings. The molecular weight excluding hydrogens is 721 g/mol. The molecule has 1 aliphatic carbocycles. The number of hydrogen-bond acceptors (Lipinski definition) is 2. The zero-order valence-corrected chi connectivity index (χ0v) is 37.0. The molecule has 1 saturated carbocycles. The van der Waals surface area contributed by atoms with Gasteiger partial charge in [0, 0.05) is 0 Å². The Morgan fingerprint density at radius 2 is 0.906 bits per heavy atom. The molecule has 2 N–H and O–H groups in total. The van der Waals surface area contributed by atoms with Crippen molar-refractivity contribution in [1.29, 1.82) is 0 Å². The van der Waals surface area contributed by atoms with Crippen LogP contribution in [-0.4, -0.2) is 20.7 Å². The number of phenols is 2. The van der Waals surface area contributed by atoms with Crippen molar-refractivity contribution < 1.29 is 25.7 Å². The first-order valence-corrected chi connectivity index (χ1v) is 26.6. The molecule has 4 aromatic rings. The Hall–Kier alpha value is -2.37. The first-order chi connectivity index (χ1) is 25.3. The fraction of sp³-hybridized carbons (Fsp3) is 0.458. The van der Waals surface area contributed by atoms with Crippen LogP contribution in [-0.2, 0) is 27.0 Å². The standard InChI is InChI=1S/C34H52O2S2.2C7H7.Ti/c1-21(2)25-15-27(33(35)29(17-25)23(5)6)19-37-31-13-11-9-10-12-14-32(31)38-20-28-16-26(22(3)4)18-30(24(7)8)34(28)36;2*1-7-5-3-2-4-6-7;/h15-18,21-24,31-32,35-36H,9-14,19-20H2,1-8H3;2*2-6H,1H2;/q;2*-1;/t31-,32?;;;/m0.../s1. The van der Waals surface area contributed by atoms with Gasteiger partial charge in [-0.1, -0.05) is 12.1 Å². The van der Waals surface area contributed by atoms with E-state index >= 15 is 0 Å². The molecule has 2 nitrogen and oxygen atoms in total. The number of fused-ring (bicyclic) bond motifs is 1. The van der Waals surface area contributed by atoms with Gasteiger partial charge in [0.05, 0.1) is 0 Å². The summed E-state index contributed by atoms with van der Waals surface area (Å²) in [6.07, 6.45) is 8.25. The smallest absolute Gasteiger partial charge is 0.0866 e. The van der Waals surface area contributed by atoms with Crippen LogP contribution in [0.4, 0.5) is 0 Å². The predicted octanol–water partition coefficient (Wildman–Crippen LogP) is 14.6. The average molecular weight is 787 g/mol. The van der Waals surface area contributed by atoms with Crippen molar-refractivity contribution in [3.63, 3.8) is 0 Å². The van der Waals surface area contributed by atoms with Gasteiger partial charge >= 0.3 is 250 Å². The SMILES string of the molecule is CC(C)c1cc(C[S]2=[Ti]=[S@@](Cc3cc(C(C)C)cc(C(C)C)c3O)C3CCCCCC[C@@H]32)c(O)c(C(C)C)c1.[CH2-]c1ccccc1.[CH2-]c1ccccc1. The van der Waals surface area contributed by atoms with Gasteiger partial charge in [0.2, 0.25) is 0 Å². The summed E-state index contributed by atoms with van der Waals surface area (Å²) in [7, 11) is 0.780. The summed E-state index contributed by atoms with van der Waals surface area (Å²) in [6, 6.07) is 28.9. The van der Waals surface area contributed by atoms with Crippen molar-refractivity contribution in [2.75, 3.05) is 0 Å². The summed E-state index contributed by atoms with van der Waals surface area (Å²) in [6.45, 7) is 25.4. The molecule has 2 aliphatic rings. The fourth-order valence-corrected chi connectivity index (χ4v) is 28.0. The van der Waals surface area contributed by atoms with E-state index in [0.717, 1.165) is 44.3 Å². The second kappa shape index (κ2) is 21.1. The maximum absolute atomic E-state index is 11.4.